The fourth-order valence-electron chi connectivity index (χ4n) is 3.23. The van der Waals surface area contributed by atoms with E-state index in [9.17, 15) is 19.8 Å². The van der Waals surface area contributed by atoms with Gasteiger partial charge in [-0.3, -0.25) is 0 Å². The first-order valence-corrected chi connectivity index (χ1v) is 7.98. The SMILES string of the molecule is CCCC(C)c1c(C(=O)O)ccc(C(=O)O)c1C(C)CCC. The van der Waals surface area contributed by atoms with Crippen LogP contribution in [0.15, 0.2) is 12.1 Å². The Hall–Kier alpha value is -1.84. The first-order chi connectivity index (χ1) is 10.3. The average Bonchev–Trinajstić information content (AvgIpc) is 2.45. The summed E-state index contributed by atoms with van der Waals surface area (Å²) in [7, 11) is 0. The molecule has 1 aromatic rings. The molecule has 0 saturated carbocycles. The fourth-order valence-corrected chi connectivity index (χ4v) is 3.23. The number of hydrogen-bond acceptors (Lipinski definition) is 2. The molecule has 122 valence electrons. The van der Waals surface area contributed by atoms with Gasteiger partial charge < -0.3 is 10.2 Å². The predicted octanol–water partition coefficient (Wildman–Crippen LogP) is 4.89. The molecule has 0 radical (unpaired) electrons. The lowest BCUT2D eigenvalue weighted by atomic mass is 9.79. The molecule has 0 aliphatic rings. The van der Waals surface area contributed by atoms with Crippen molar-refractivity contribution in [3.05, 3.63) is 34.4 Å². The maximum atomic E-state index is 11.6. The number of aromatic carboxylic acids is 2. The lowest BCUT2D eigenvalue weighted by molar-refractivity contribution is 0.0678. The zero-order valence-electron chi connectivity index (χ0n) is 13.8. The van der Waals surface area contributed by atoms with Crippen LogP contribution in [0.2, 0.25) is 0 Å². The van der Waals surface area contributed by atoms with Gasteiger partial charge in [-0.2, -0.15) is 0 Å². The molecule has 0 aromatic heterocycles. The van der Waals surface area contributed by atoms with E-state index in [4.69, 9.17) is 0 Å². The zero-order valence-corrected chi connectivity index (χ0v) is 13.8. The van der Waals surface area contributed by atoms with E-state index in [2.05, 4.69) is 0 Å². The van der Waals surface area contributed by atoms with Crippen LogP contribution in [-0.4, -0.2) is 22.2 Å². The molecule has 0 bridgehead atoms. The molecule has 1 rings (SSSR count). The minimum absolute atomic E-state index is 0.0321. The Bertz CT molecular complexity index is 499. The monoisotopic (exact) mass is 306 g/mol. The van der Waals surface area contributed by atoms with E-state index in [0.29, 0.717) is 11.1 Å². The molecule has 0 aliphatic heterocycles. The second-order valence-corrected chi connectivity index (χ2v) is 5.98. The molecule has 0 heterocycles. The molecule has 0 amide bonds. The molecule has 1 aromatic carbocycles. The number of benzene rings is 1. The summed E-state index contributed by atoms with van der Waals surface area (Å²) in [6.07, 6.45) is 3.54. The van der Waals surface area contributed by atoms with Crippen LogP contribution in [0.4, 0.5) is 0 Å². The summed E-state index contributed by atoms with van der Waals surface area (Å²) in [5.41, 5.74) is 1.89. The van der Waals surface area contributed by atoms with Crippen molar-refractivity contribution in [3.63, 3.8) is 0 Å². The summed E-state index contributed by atoms with van der Waals surface area (Å²) in [6, 6.07) is 2.88. The second-order valence-electron chi connectivity index (χ2n) is 5.98. The molecular formula is C18H26O4. The fraction of sp³-hybridized carbons (Fsp3) is 0.556. The Morgan fingerprint density at radius 2 is 1.18 bits per heavy atom. The highest BCUT2D eigenvalue weighted by atomic mass is 16.4. The molecule has 22 heavy (non-hydrogen) atoms. The van der Waals surface area contributed by atoms with Gasteiger partial charge in [0.05, 0.1) is 11.1 Å². The van der Waals surface area contributed by atoms with E-state index in [1.54, 1.807) is 0 Å². The highest BCUT2D eigenvalue weighted by molar-refractivity contribution is 5.95. The first-order valence-electron chi connectivity index (χ1n) is 7.98. The highest BCUT2D eigenvalue weighted by Gasteiger charge is 2.26. The number of hydrogen-bond donors (Lipinski definition) is 2. The minimum atomic E-state index is -0.986. The van der Waals surface area contributed by atoms with Crippen molar-refractivity contribution in [2.45, 2.75) is 65.2 Å². The van der Waals surface area contributed by atoms with E-state index in [1.165, 1.54) is 12.1 Å². The number of rotatable bonds is 8. The molecule has 4 heteroatoms. The molecule has 4 nitrogen and oxygen atoms in total. The van der Waals surface area contributed by atoms with E-state index in [-0.39, 0.29) is 23.0 Å². The maximum Gasteiger partial charge on any atom is 0.335 e. The molecular weight excluding hydrogens is 280 g/mol. The normalized spacial score (nSPS) is 13.6. The van der Waals surface area contributed by atoms with E-state index in [0.717, 1.165) is 25.7 Å². The Labute approximate surface area is 132 Å². The van der Waals surface area contributed by atoms with Gasteiger partial charge in [0.2, 0.25) is 0 Å². The van der Waals surface area contributed by atoms with Crippen LogP contribution in [-0.2, 0) is 0 Å². The molecule has 2 unspecified atom stereocenters. The molecule has 2 N–H and O–H groups in total. The van der Waals surface area contributed by atoms with Crippen LogP contribution in [0.5, 0.6) is 0 Å². The highest BCUT2D eigenvalue weighted by Crippen LogP contribution is 2.36. The van der Waals surface area contributed by atoms with Crippen molar-refractivity contribution in [2.24, 2.45) is 0 Å². The Morgan fingerprint density at radius 1 is 0.864 bits per heavy atom. The van der Waals surface area contributed by atoms with Crippen LogP contribution in [0, 0.1) is 0 Å². The third-order valence-electron chi connectivity index (χ3n) is 4.18. The first kappa shape index (κ1) is 18.2. The van der Waals surface area contributed by atoms with Gasteiger partial charge in [0, 0.05) is 0 Å². The van der Waals surface area contributed by atoms with Crippen LogP contribution < -0.4 is 0 Å². The van der Waals surface area contributed by atoms with Crippen LogP contribution in [0.25, 0.3) is 0 Å². The van der Waals surface area contributed by atoms with Crippen molar-refractivity contribution < 1.29 is 19.8 Å². The third kappa shape index (κ3) is 3.87. The summed E-state index contributed by atoms with van der Waals surface area (Å²) < 4.78 is 0. The Kier molecular flexibility index (Phi) is 6.60. The van der Waals surface area contributed by atoms with Crippen molar-refractivity contribution in [1.82, 2.24) is 0 Å². The molecule has 0 spiro atoms. The van der Waals surface area contributed by atoms with Crippen LogP contribution in [0.3, 0.4) is 0 Å². The summed E-state index contributed by atoms with van der Waals surface area (Å²) >= 11 is 0. The maximum absolute atomic E-state index is 11.6. The zero-order chi connectivity index (χ0) is 16.9. The summed E-state index contributed by atoms with van der Waals surface area (Å²) in [5, 5.41) is 19.0. The quantitative estimate of drug-likeness (QED) is 0.717. The van der Waals surface area contributed by atoms with E-state index >= 15 is 0 Å². The number of carbonyl (C=O) groups is 2. The Morgan fingerprint density at radius 3 is 1.41 bits per heavy atom. The number of carboxylic acids is 2. The van der Waals surface area contributed by atoms with Gasteiger partial charge in [0.25, 0.3) is 0 Å². The summed E-state index contributed by atoms with van der Waals surface area (Å²) in [6.45, 7) is 8.07. The van der Waals surface area contributed by atoms with Gasteiger partial charge in [-0.1, -0.05) is 40.5 Å². The van der Waals surface area contributed by atoms with Gasteiger partial charge in [-0.15, -0.1) is 0 Å². The predicted molar refractivity (Wildman–Crippen MR) is 87.0 cm³/mol. The topological polar surface area (TPSA) is 74.6 Å². The molecule has 0 fully saturated rings. The van der Waals surface area contributed by atoms with Gasteiger partial charge in [-0.25, -0.2) is 9.59 Å². The van der Waals surface area contributed by atoms with Crippen molar-refractivity contribution in [1.29, 1.82) is 0 Å². The third-order valence-corrected chi connectivity index (χ3v) is 4.18. The van der Waals surface area contributed by atoms with Crippen molar-refractivity contribution >= 4 is 11.9 Å². The lowest BCUT2D eigenvalue weighted by Gasteiger charge is -2.24. The van der Waals surface area contributed by atoms with Crippen LogP contribution in [0.1, 0.15) is 97.1 Å². The van der Waals surface area contributed by atoms with E-state index < -0.39 is 11.9 Å². The standard InChI is InChI=1S/C18H26O4/c1-5-7-11(3)15-13(17(19)20)9-10-14(18(21)22)16(15)12(4)8-6-2/h9-12H,5-8H2,1-4H3,(H,19,20)(H,21,22). The number of carboxylic acid groups (broad SMARTS) is 2. The molecule has 0 aliphatic carbocycles. The molecule has 2 atom stereocenters. The second kappa shape index (κ2) is 7.97. The average molecular weight is 306 g/mol. The van der Waals surface area contributed by atoms with Gasteiger partial charge in [-0.05, 0) is 47.9 Å². The largest absolute Gasteiger partial charge is 0.478 e. The van der Waals surface area contributed by atoms with Gasteiger partial charge in [0.15, 0.2) is 0 Å². The summed E-state index contributed by atoms with van der Waals surface area (Å²) in [4.78, 5) is 23.2. The minimum Gasteiger partial charge on any atom is -0.478 e. The summed E-state index contributed by atoms with van der Waals surface area (Å²) in [5.74, 6) is -1.91. The Balaban J connectivity index is 3.64. The smallest absolute Gasteiger partial charge is 0.335 e. The molecule has 0 saturated heterocycles. The van der Waals surface area contributed by atoms with Crippen molar-refractivity contribution in [2.75, 3.05) is 0 Å². The van der Waals surface area contributed by atoms with Crippen molar-refractivity contribution in [3.8, 4) is 0 Å². The van der Waals surface area contributed by atoms with Gasteiger partial charge in [0.1, 0.15) is 0 Å². The van der Waals surface area contributed by atoms with Gasteiger partial charge >= 0.3 is 11.9 Å². The lowest BCUT2D eigenvalue weighted by Crippen LogP contribution is -2.16. The van der Waals surface area contributed by atoms with E-state index in [1.807, 2.05) is 27.7 Å². The van der Waals surface area contributed by atoms with Crippen LogP contribution >= 0.6 is 0 Å².